The zero-order valence-corrected chi connectivity index (χ0v) is 13.2. The summed E-state index contributed by atoms with van der Waals surface area (Å²) in [5.74, 6) is 1.44. The fourth-order valence-electron chi connectivity index (χ4n) is 1.98. The molecule has 1 atom stereocenters. The quantitative estimate of drug-likeness (QED) is 0.612. The van der Waals surface area contributed by atoms with Gasteiger partial charge in [-0.25, -0.2) is 0 Å². The van der Waals surface area contributed by atoms with E-state index in [2.05, 4.69) is 39.9 Å². The Morgan fingerprint density at radius 3 is 2.28 bits per heavy atom. The van der Waals surface area contributed by atoms with Gasteiger partial charge in [0.25, 0.3) is 0 Å². The van der Waals surface area contributed by atoms with Gasteiger partial charge in [-0.3, -0.25) is 0 Å². The minimum Gasteiger partial charge on any atom is -0.383 e. The summed E-state index contributed by atoms with van der Waals surface area (Å²) in [6.45, 7) is 14.5. The molecule has 1 N–H and O–H groups in total. The van der Waals surface area contributed by atoms with Crippen LogP contribution in [0.15, 0.2) is 0 Å². The SMILES string of the molecule is COCCNCC(CCOC(C)(C)C)CC(C)C. The average molecular weight is 259 g/mol. The molecule has 3 nitrogen and oxygen atoms in total. The molecule has 0 fully saturated rings. The van der Waals surface area contributed by atoms with E-state index in [4.69, 9.17) is 9.47 Å². The van der Waals surface area contributed by atoms with Crippen LogP contribution in [0.3, 0.4) is 0 Å². The van der Waals surface area contributed by atoms with Crippen molar-refractivity contribution in [2.75, 3.05) is 33.4 Å². The van der Waals surface area contributed by atoms with Gasteiger partial charge in [0.2, 0.25) is 0 Å². The molecule has 1 unspecified atom stereocenters. The number of rotatable bonds is 10. The zero-order chi connectivity index (χ0) is 14.0. The summed E-state index contributed by atoms with van der Waals surface area (Å²) < 4.78 is 10.9. The fourth-order valence-corrected chi connectivity index (χ4v) is 1.98. The van der Waals surface area contributed by atoms with Crippen LogP contribution >= 0.6 is 0 Å². The molecule has 0 spiro atoms. The summed E-state index contributed by atoms with van der Waals surface area (Å²) in [6, 6.07) is 0. The maximum Gasteiger partial charge on any atom is 0.0598 e. The molecule has 0 amide bonds. The maximum absolute atomic E-state index is 5.82. The largest absolute Gasteiger partial charge is 0.383 e. The van der Waals surface area contributed by atoms with E-state index in [9.17, 15) is 0 Å². The summed E-state index contributed by atoms with van der Waals surface area (Å²) in [5.41, 5.74) is -0.0220. The van der Waals surface area contributed by atoms with Gasteiger partial charge in [0.05, 0.1) is 12.2 Å². The molecule has 0 rings (SSSR count). The van der Waals surface area contributed by atoms with Gasteiger partial charge in [0.1, 0.15) is 0 Å². The van der Waals surface area contributed by atoms with Crippen molar-refractivity contribution in [3.05, 3.63) is 0 Å². The van der Waals surface area contributed by atoms with E-state index < -0.39 is 0 Å². The van der Waals surface area contributed by atoms with Gasteiger partial charge < -0.3 is 14.8 Å². The maximum atomic E-state index is 5.82. The fraction of sp³-hybridized carbons (Fsp3) is 1.00. The van der Waals surface area contributed by atoms with Gasteiger partial charge in [-0.05, 0) is 52.0 Å². The molecule has 0 aliphatic rings. The summed E-state index contributed by atoms with van der Waals surface area (Å²) in [7, 11) is 1.74. The molecule has 0 aromatic heterocycles. The van der Waals surface area contributed by atoms with Crippen molar-refractivity contribution in [3.63, 3.8) is 0 Å². The van der Waals surface area contributed by atoms with Gasteiger partial charge >= 0.3 is 0 Å². The lowest BCUT2D eigenvalue weighted by atomic mass is 9.94. The molecule has 0 bridgehead atoms. The Hall–Kier alpha value is -0.120. The number of nitrogens with one attached hydrogen (secondary N) is 1. The Balaban J connectivity index is 3.84. The third kappa shape index (κ3) is 12.3. The number of methoxy groups -OCH3 is 1. The lowest BCUT2D eigenvalue weighted by Crippen LogP contribution is -2.29. The summed E-state index contributed by atoms with van der Waals surface area (Å²) >= 11 is 0. The van der Waals surface area contributed by atoms with Gasteiger partial charge in [-0.2, -0.15) is 0 Å². The van der Waals surface area contributed by atoms with Crippen LogP contribution in [-0.4, -0.2) is 39.0 Å². The highest BCUT2D eigenvalue weighted by Gasteiger charge is 2.14. The lowest BCUT2D eigenvalue weighted by molar-refractivity contribution is -0.0101. The van der Waals surface area contributed by atoms with E-state index in [0.717, 1.165) is 38.6 Å². The van der Waals surface area contributed by atoms with Gasteiger partial charge in [-0.15, -0.1) is 0 Å². The van der Waals surface area contributed by atoms with Crippen LogP contribution in [0.1, 0.15) is 47.5 Å². The second kappa shape index (κ2) is 9.76. The Labute approximate surface area is 114 Å². The number of hydrogen-bond acceptors (Lipinski definition) is 3. The van der Waals surface area contributed by atoms with Crippen LogP contribution in [0.2, 0.25) is 0 Å². The molecular weight excluding hydrogens is 226 g/mol. The van der Waals surface area contributed by atoms with E-state index in [1.165, 1.54) is 6.42 Å². The van der Waals surface area contributed by atoms with Crippen molar-refractivity contribution in [1.82, 2.24) is 5.32 Å². The molecule has 0 aliphatic heterocycles. The molecule has 0 radical (unpaired) electrons. The zero-order valence-electron chi connectivity index (χ0n) is 13.2. The van der Waals surface area contributed by atoms with E-state index in [1.807, 2.05) is 0 Å². The van der Waals surface area contributed by atoms with Crippen molar-refractivity contribution < 1.29 is 9.47 Å². The first-order valence-corrected chi connectivity index (χ1v) is 7.18. The second-order valence-corrected chi connectivity index (χ2v) is 6.44. The molecule has 0 aromatic carbocycles. The van der Waals surface area contributed by atoms with Crippen molar-refractivity contribution in [2.45, 2.75) is 53.1 Å². The molecule has 0 aliphatic carbocycles. The van der Waals surface area contributed by atoms with Crippen molar-refractivity contribution in [2.24, 2.45) is 11.8 Å². The highest BCUT2D eigenvalue weighted by molar-refractivity contribution is 4.66. The van der Waals surface area contributed by atoms with E-state index in [1.54, 1.807) is 7.11 Å². The van der Waals surface area contributed by atoms with Gasteiger partial charge in [-0.1, -0.05) is 13.8 Å². The summed E-state index contributed by atoms with van der Waals surface area (Å²) in [6.07, 6.45) is 2.39. The van der Waals surface area contributed by atoms with E-state index >= 15 is 0 Å². The smallest absolute Gasteiger partial charge is 0.0598 e. The normalized spacial score (nSPS) is 14.2. The Bertz CT molecular complexity index is 187. The Kier molecular flexibility index (Phi) is 9.70. The van der Waals surface area contributed by atoms with E-state index in [0.29, 0.717) is 5.92 Å². The molecule has 0 saturated carbocycles. The van der Waals surface area contributed by atoms with Crippen LogP contribution in [-0.2, 0) is 9.47 Å². The summed E-state index contributed by atoms with van der Waals surface area (Å²) in [4.78, 5) is 0. The third-order valence-corrected chi connectivity index (χ3v) is 2.78. The van der Waals surface area contributed by atoms with E-state index in [-0.39, 0.29) is 5.60 Å². The van der Waals surface area contributed by atoms with Crippen LogP contribution in [0.25, 0.3) is 0 Å². The average Bonchev–Trinajstić information content (AvgIpc) is 2.21. The first kappa shape index (κ1) is 17.9. The Morgan fingerprint density at radius 1 is 1.11 bits per heavy atom. The summed E-state index contributed by atoms with van der Waals surface area (Å²) in [5, 5.41) is 3.46. The molecule has 0 aromatic rings. The topological polar surface area (TPSA) is 30.5 Å². The predicted octanol–water partition coefficient (Wildman–Crippen LogP) is 3.09. The first-order chi connectivity index (χ1) is 8.35. The standard InChI is InChI=1S/C15H33NO2/c1-13(2)11-14(12-16-8-10-17-6)7-9-18-15(3,4)5/h13-14,16H,7-12H2,1-6H3. The number of ether oxygens (including phenoxy) is 2. The molecule has 3 heteroatoms. The molecule has 18 heavy (non-hydrogen) atoms. The van der Waals surface area contributed by atoms with Gasteiger partial charge in [0, 0.05) is 20.3 Å². The molecular formula is C15H33NO2. The van der Waals surface area contributed by atoms with Crippen LogP contribution in [0, 0.1) is 11.8 Å². The molecule has 110 valence electrons. The minimum atomic E-state index is -0.0220. The predicted molar refractivity (Wildman–Crippen MR) is 78.0 cm³/mol. The highest BCUT2D eigenvalue weighted by atomic mass is 16.5. The lowest BCUT2D eigenvalue weighted by Gasteiger charge is -2.23. The monoisotopic (exact) mass is 259 g/mol. The second-order valence-electron chi connectivity index (χ2n) is 6.44. The first-order valence-electron chi connectivity index (χ1n) is 7.18. The van der Waals surface area contributed by atoms with Crippen molar-refractivity contribution in [1.29, 1.82) is 0 Å². The molecule has 0 saturated heterocycles. The highest BCUT2D eigenvalue weighted by Crippen LogP contribution is 2.16. The van der Waals surface area contributed by atoms with Crippen LogP contribution < -0.4 is 5.32 Å². The number of hydrogen-bond donors (Lipinski definition) is 1. The molecule has 0 heterocycles. The van der Waals surface area contributed by atoms with Gasteiger partial charge in [0.15, 0.2) is 0 Å². The van der Waals surface area contributed by atoms with Crippen molar-refractivity contribution in [3.8, 4) is 0 Å². The van der Waals surface area contributed by atoms with Crippen LogP contribution in [0.5, 0.6) is 0 Å². The minimum absolute atomic E-state index is 0.0220. The van der Waals surface area contributed by atoms with Crippen LogP contribution in [0.4, 0.5) is 0 Å². The third-order valence-electron chi connectivity index (χ3n) is 2.78. The Morgan fingerprint density at radius 2 is 1.78 bits per heavy atom. The van der Waals surface area contributed by atoms with Crippen molar-refractivity contribution >= 4 is 0 Å².